The van der Waals surface area contributed by atoms with E-state index in [0.717, 1.165) is 5.56 Å². The summed E-state index contributed by atoms with van der Waals surface area (Å²) < 4.78 is 16.9. The first-order valence-electron chi connectivity index (χ1n) is 6.88. The first-order chi connectivity index (χ1) is 9.99. The van der Waals surface area contributed by atoms with Gasteiger partial charge in [-0.25, -0.2) is 0 Å². The highest BCUT2D eigenvalue weighted by Gasteiger charge is 2.09. The van der Waals surface area contributed by atoms with E-state index in [1.165, 1.54) is 0 Å². The molecule has 4 nitrogen and oxygen atoms in total. The van der Waals surface area contributed by atoms with Gasteiger partial charge in [0.2, 0.25) is 0 Å². The van der Waals surface area contributed by atoms with Crippen molar-refractivity contribution >= 4 is 5.69 Å². The molecule has 0 aliphatic rings. The van der Waals surface area contributed by atoms with Crippen LogP contribution in [0.15, 0.2) is 36.4 Å². The summed E-state index contributed by atoms with van der Waals surface area (Å²) in [6, 6.07) is 11.1. The predicted molar refractivity (Wildman–Crippen MR) is 84.4 cm³/mol. The van der Waals surface area contributed by atoms with E-state index in [1.807, 2.05) is 45.0 Å². The van der Waals surface area contributed by atoms with Gasteiger partial charge in [-0.05, 0) is 50.6 Å². The van der Waals surface area contributed by atoms with Crippen molar-refractivity contribution < 1.29 is 14.2 Å². The van der Waals surface area contributed by atoms with Crippen molar-refractivity contribution in [2.24, 2.45) is 0 Å². The molecule has 0 aromatic heterocycles. The Labute approximate surface area is 125 Å². The van der Waals surface area contributed by atoms with Gasteiger partial charge in [-0.3, -0.25) is 0 Å². The maximum Gasteiger partial charge on any atom is 0.169 e. The lowest BCUT2D eigenvalue weighted by molar-refractivity contribution is 0.243. The third-order valence-electron chi connectivity index (χ3n) is 2.89. The van der Waals surface area contributed by atoms with Gasteiger partial charge in [-0.15, -0.1) is 0 Å². The minimum absolute atomic E-state index is 0.0523. The van der Waals surface area contributed by atoms with Crippen LogP contribution in [0.2, 0.25) is 0 Å². The minimum atomic E-state index is 0.0523. The lowest BCUT2D eigenvalue weighted by Gasteiger charge is -2.15. The molecule has 2 rings (SSSR count). The smallest absolute Gasteiger partial charge is 0.169 e. The molecule has 2 aromatic rings. The third-order valence-corrected chi connectivity index (χ3v) is 2.89. The van der Waals surface area contributed by atoms with Crippen LogP contribution >= 0.6 is 0 Å². The number of rotatable bonds is 5. The largest absolute Gasteiger partial charge is 0.493 e. The van der Waals surface area contributed by atoms with Gasteiger partial charge in [-0.2, -0.15) is 0 Å². The zero-order valence-electron chi connectivity index (χ0n) is 12.8. The number of hydrogen-bond acceptors (Lipinski definition) is 4. The molecule has 0 amide bonds. The summed E-state index contributed by atoms with van der Waals surface area (Å²) in [4.78, 5) is 0. The van der Waals surface area contributed by atoms with Crippen LogP contribution in [0, 0.1) is 6.92 Å². The summed E-state index contributed by atoms with van der Waals surface area (Å²) in [7, 11) is 1.62. The molecule has 0 saturated heterocycles. The van der Waals surface area contributed by atoms with Gasteiger partial charge < -0.3 is 19.9 Å². The molecule has 4 heteroatoms. The Kier molecular flexibility index (Phi) is 4.58. The Hall–Kier alpha value is -2.36. The molecular weight excluding hydrogens is 266 g/mol. The van der Waals surface area contributed by atoms with Crippen LogP contribution in [0.5, 0.6) is 23.0 Å². The third kappa shape index (κ3) is 3.81. The maximum atomic E-state index is 5.90. The van der Waals surface area contributed by atoms with E-state index in [2.05, 4.69) is 0 Å². The van der Waals surface area contributed by atoms with Gasteiger partial charge in [0.05, 0.1) is 18.9 Å². The number of methoxy groups -OCH3 is 1. The molecular formula is C17H21NO3. The molecule has 0 spiro atoms. The summed E-state index contributed by atoms with van der Waals surface area (Å²) >= 11 is 0. The van der Waals surface area contributed by atoms with E-state index in [1.54, 1.807) is 19.2 Å². The van der Waals surface area contributed by atoms with Crippen molar-refractivity contribution in [1.29, 1.82) is 0 Å². The predicted octanol–water partition coefficient (Wildman–Crippen LogP) is 4.17. The number of aryl methyl sites for hydroxylation is 1. The molecule has 0 heterocycles. The van der Waals surface area contributed by atoms with Gasteiger partial charge in [0.15, 0.2) is 11.5 Å². The molecule has 0 unspecified atom stereocenters. The Bertz CT molecular complexity index is 623. The van der Waals surface area contributed by atoms with Crippen LogP contribution in [0.4, 0.5) is 5.69 Å². The van der Waals surface area contributed by atoms with Crippen molar-refractivity contribution in [3.05, 3.63) is 42.0 Å². The molecule has 0 atom stereocenters. The Morgan fingerprint density at radius 1 is 0.952 bits per heavy atom. The number of nitrogens with two attached hydrogens (primary N) is 1. The van der Waals surface area contributed by atoms with Crippen LogP contribution < -0.4 is 19.9 Å². The summed E-state index contributed by atoms with van der Waals surface area (Å²) in [5.41, 5.74) is 7.60. The summed E-state index contributed by atoms with van der Waals surface area (Å²) in [6.07, 6.45) is 0.0523. The maximum absolute atomic E-state index is 5.90. The van der Waals surface area contributed by atoms with E-state index in [-0.39, 0.29) is 6.10 Å². The Morgan fingerprint density at radius 3 is 2.38 bits per heavy atom. The monoisotopic (exact) mass is 287 g/mol. The van der Waals surface area contributed by atoms with Crippen molar-refractivity contribution in [3.63, 3.8) is 0 Å². The molecule has 21 heavy (non-hydrogen) atoms. The van der Waals surface area contributed by atoms with Gasteiger partial charge in [0, 0.05) is 6.07 Å². The van der Waals surface area contributed by atoms with E-state index >= 15 is 0 Å². The van der Waals surface area contributed by atoms with Crippen LogP contribution in [0.3, 0.4) is 0 Å². The first-order valence-corrected chi connectivity index (χ1v) is 6.88. The Morgan fingerprint density at radius 2 is 1.71 bits per heavy atom. The van der Waals surface area contributed by atoms with E-state index in [9.17, 15) is 0 Å². The first kappa shape index (κ1) is 15.0. The molecule has 0 fully saturated rings. The molecule has 0 saturated carbocycles. The molecule has 112 valence electrons. The minimum Gasteiger partial charge on any atom is -0.493 e. The van der Waals surface area contributed by atoms with Crippen molar-refractivity contribution in [3.8, 4) is 23.0 Å². The fourth-order valence-electron chi connectivity index (χ4n) is 1.92. The van der Waals surface area contributed by atoms with Gasteiger partial charge >= 0.3 is 0 Å². The van der Waals surface area contributed by atoms with Gasteiger partial charge in [0.1, 0.15) is 11.5 Å². The van der Waals surface area contributed by atoms with Crippen molar-refractivity contribution in [2.75, 3.05) is 12.8 Å². The molecule has 0 radical (unpaired) electrons. The van der Waals surface area contributed by atoms with Crippen LogP contribution in [0.25, 0.3) is 0 Å². The van der Waals surface area contributed by atoms with E-state index < -0.39 is 0 Å². The lowest BCUT2D eigenvalue weighted by Crippen LogP contribution is -2.07. The fraction of sp³-hybridized carbons (Fsp3) is 0.294. The van der Waals surface area contributed by atoms with E-state index in [4.69, 9.17) is 19.9 Å². The second kappa shape index (κ2) is 6.39. The number of nitrogen functional groups attached to an aromatic ring is 1. The molecule has 0 aliphatic heterocycles. The van der Waals surface area contributed by atoms with Crippen molar-refractivity contribution in [1.82, 2.24) is 0 Å². The molecule has 0 bridgehead atoms. The number of anilines is 1. The fourth-order valence-corrected chi connectivity index (χ4v) is 1.92. The summed E-state index contributed by atoms with van der Waals surface area (Å²) in [5.74, 6) is 2.62. The second-order valence-corrected chi connectivity index (χ2v) is 5.12. The number of hydrogen-bond donors (Lipinski definition) is 1. The SMILES string of the molecule is COc1cc(C)ccc1Oc1ccc(N)c(OC(C)C)c1. The average molecular weight is 287 g/mol. The van der Waals surface area contributed by atoms with Gasteiger partial charge in [-0.1, -0.05) is 6.07 Å². The Balaban J connectivity index is 2.27. The quantitative estimate of drug-likeness (QED) is 0.839. The van der Waals surface area contributed by atoms with Crippen LogP contribution in [-0.2, 0) is 0 Å². The van der Waals surface area contributed by atoms with Crippen LogP contribution in [0.1, 0.15) is 19.4 Å². The molecule has 0 aliphatic carbocycles. The number of ether oxygens (including phenoxy) is 3. The van der Waals surface area contributed by atoms with E-state index in [0.29, 0.717) is 28.7 Å². The van der Waals surface area contributed by atoms with Crippen LogP contribution in [-0.4, -0.2) is 13.2 Å². The average Bonchev–Trinajstić information content (AvgIpc) is 2.44. The highest BCUT2D eigenvalue weighted by Crippen LogP contribution is 2.35. The summed E-state index contributed by atoms with van der Waals surface area (Å²) in [6.45, 7) is 5.91. The zero-order valence-corrected chi connectivity index (χ0v) is 12.8. The molecule has 2 N–H and O–H groups in total. The van der Waals surface area contributed by atoms with Gasteiger partial charge in [0.25, 0.3) is 0 Å². The zero-order chi connectivity index (χ0) is 15.4. The number of benzene rings is 2. The topological polar surface area (TPSA) is 53.7 Å². The standard InChI is InChI=1S/C17H21NO3/c1-11(2)20-16-10-13(6-7-14(16)18)21-15-8-5-12(3)9-17(15)19-4/h5-11H,18H2,1-4H3. The molecule has 2 aromatic carbocycles. The van der Waals surface area contributed by atoms with Crippen molar-refractivity contribution in [2.45, 2.75) is 26.9 Å². The second-order valence-electron chi connectivity index (χ2n) is 5.12. The summed E-state index contributed by atoms with van der Waals surface area (Å²) in [5, 5.41) is 0. The highest BCUT2D eigenvalue weighted by molar-refractivity contribution is 5.56. The normalized spacial score (nSPS) is 10.5. The highest BCUT2D eigenvalue weighted by atomic mass is 16.5. The lowest BCUT2D eigenvalue weighted by atomic mass is 10.2.